The maximum absolute atomic E-state index is 12.8. The number of alkyl halides is 3. The van der Waals surface area contributed by atoms with E-state index in [0.717, 1.165) is 12.1 Å². The van der Waals surface area contributed by atoms with Crippen LogP contribution in [0.5, 0.6) is 5.75 Å². The van der Waals surface area contributed by atoms with Crippen LogP contribution in [0.15, 0.2) is 36.7 Å². The lowest BCUT2D eigenvalue weighted by Crippen LogP contribution is -2.36. The molecule has 1 aromatic heterocycles. The van der Waals surface area contributed by atoms with E-state index in [4.69, 9.17) is 14.2 Å². The highest BCUT2D eigenvalue weighted by Gasteiger charge is 2.38. The monoisotopic (exact) mass is 468 g/mol. The molecule has 11 heteroatoms. The van der Waals surface area contributed by atoms with Crippen LogP contribution in [0, 0.1) is 0 Å². The summed E-state index contributed by atoms with van der Waals surface area (Å²) in [6.07, 6.45) is -2.33. The Kier molecular flexibility index (Phi) is 7.31. The van der Waals surface area contributed by atoms with Gasteiger partial charge in [-0.2, -0.15) is 13.2 Å². The van der Waals surface area contributed by atoms with Crippen molar-refractivity contribution < 1.29 is 32.2 Å². The standard InChI is InChI=1S/C22H27F3N4O4/c1-21(2,3)33-20(30)29-11-17(28-19-26-9-16(31-4)10-27-19)18(12-29)32-13-14-5-7-15(8-6-14)22(23,24)25/h5-10,17-18H,11-13H2,1-4H3,(H,26,27,28)/t17-,18-/m1/s1. The van der Waals surface area contributed by atoms with Gasteiger partial charge in [0.2, 0.25) is 5.95 Å². The second-order valence-corrected chi connectivity index (χ2v) is 8.63. The molecule has 3 rings (SSSR count). The minimum atomic E-state index is -4.40. The number of benzene rings is 1. The number of carbonyl (C=O) groups excluding carboxylic acids is 1. The normalized spacial score (nSPS) is 18.8. The second-order valence-electron chi connectivity index (χ2n) is 8.63. The van der Waals surface area contributed by atoms with Crippen molar-refractivity contribution in [1.82, 2.24) is 14.9 Å². The number of methoxy groups -OCH3 is 1. The maximum atomic E-state index is 12.8. The van der Waals surface area contributed by atoms with Crippen LogP contribution in [-0.4, -0.2) is 58.9 Å². The maximum Gasteiger partial charge on any atom is 0.416 e. The summed E-state index contributed by atoms with van der Waals surface area (Å²) in [6.45, 7) is 5.93. The molecule has 180 valence electrons. The lowest BCUT2D eigenvalue weighted by atomic mass is 10.1. The number of aromatic nitrogens is 2. The van der Waals surface area contributed by atoms with Gasteiger partial charge in [0.1, 0.15) is 5.60 Å². The number of carbonyl (C=O) groups is 1. The first-order chi connectivity index (χ1) is 15.4. The molecule has 1 aliphatic rings. The fourth-order valence-corrected chi connectivity index (χ4v) is 3.21. The van der Waals surface area contributed by atoms with E-state index in [0.29, 0.717) is 17.3 Å². The van der Waals surface area contributed by atoms with E-state index in [1.807, 2.05) is 0 Å². The Hall–Kier alpha value is -3.08. The smallest absolute Gasteiger partial charge is 0.416 e. The van der Waals surface area contributed by atoms with E-state index in [-0.39, 0.29) is 25.7 Å². The molecule has 2 aromatic rings. The Morgan fingerprint density at radius 1 is 1.12 bits per heavy atom. The molecule has 1 aliphatic heterocycles. The first-order valence-corrected chi connectivity index (χ1v) is 10.3. The fraction of sp³-hybridized carbons (Fsp3) is 0.500. The zero-order chi connectivity index (χ0) is 24.2. The van der Waals surface area contributed by atoms with Gasteiger partial charge in [-0.3, -0.25) is 0 Å². The number of rotatable bonds is 6. The van der Waals surface area contributed by atoms with Gasteiger partial charge in [-0.05, 0) is 38.5 Å². The summed E-state index contributed by atoms with van der Waals surface area (Å²) in [7, 11) is 1.51. The third-order valence-corrected chi connectivity index (χ3v) is 4.84. The highest BCUT2D eigenvalue weighted by molar-refractivity contribution is 5.69. The molecule has 1 amide bonds. The number of hydrogen-bond acceptors (Lipinski definition) is 7. The number of halogens is 3. The van der Waals surface area contributed by atoms with Gasteiger partial charge in [0.25, 0.3) is 0 Å². The quantitative estimate of drug-likeness (QED) is 0.683. The van der Waals surface area contributed by atoms with Gasteiger partial charge >= 0.3 is 12.3 Å². The van der Waals surface area contributed by atoms with Crippen LogP contribution in [0.2, 0.25) is 0 Å². The molecule has 0 radical (unpaired) electrons. The van der Waals surface area contributed by atoms with Crippen molar-refractivity contribution in [3.05, 3.63) is 47.8 Å². The summed E-state index contributed by atoms with van der Waals surface area (Å²) >= 11 is 0. The van der Waals surface area contributed by atoms with Crippen LogP contribution in [-0.2, 0) is 22.3 Å². The SMILES string of the molecule is COc1cnc(N[C@@H]2CN(C(=O)OC(C)(C)C)C[C@H]2OCc2ccc(C(F)(F)F)cc2)nc1. The van der Waals surface area contributed by atoms with Crippen molar-refractivity contribution in [2.24, 2.45) is 0 Å². The van der Waals surface area contributed by atoms with E-state index in [1.165, 1.54) is 36.5 Å². The lowest BCUT2D eigenvalue weighted by Gasteiger charge is -2.24. The van der Waals surface area contributed by atoms with E-state index in [1.54, 1.807) is 20.8 Å². The topological polar surface area (TPSA) is 85.8 Å². The molecule has 33 heavy (non-hydrogen) atoms. The average Bonchev–Trinajstić information content (AvgIpc) is 3.14. The van der Waals surface area contributed by atoms with Crippen molar-refractivity contribution in [2.75, 3.05) is 25.5 Å². The molecule has 0 spiro atoms. The summed E-state index contributed by atoms with van der Waals surface area (Å²) in [5.41, 5.74) is -0.796. The Morgan fingerprint density at radius 3 is 2.30 bits per heavy atom. The van der Waals surface area contributed by atoms with Crippen molar-refractivity contribution in [2.45, 2.75) is 51.3 Å². The molecule has 0 bridgehead atoms. The van der Waals surface area contributed by atoms with Gasteiger partial charge in [-0.25, -0.2) is 14.8 Å². The molecule has 8 nitrogen and oxygen atoms in total. The molecule has 1 saturated heterocycles. The third kappa shape index (κ3) is 6.95. The zero-order valence-electron chi connectivity index (χ0n) is 18.8. The van der Waals surface area contributed by atoms with Crippen LogP contribution in [0.25, 0.3) is 0 Å². The molecular weight excluding hydrogens is 441 g/mol. The average molecular weight is 468 g/mol. The fourth-order valence-electron chi connectivity index (χ4n) is 3.21. The highest BCUT2D eigenvalue weighted by atomic mass is 19.4. The first kappa shape index (κ1) is 24.6. The summed E-state index contributed by atoms with van der Waals surface area (Å²) < 4.78 is 54.8. The van der Waals surface area contributed by atoms with Gasteiger partial charge in [0, 0.05) is 6.54 Å². The van der Waals surface area contributed by atoms with Crippen molar-refractivity contribution in [3.8, 4) is 5.75 Å². The number of nitrogens with zero attached hydrogens (tertiary/aromatic N) is 3. The van der Waals surface area contributed by atoms with Crippen LogP contribution < -0.4 is 10.1 Å². The highest BCUT2D eigenvalue weighted by Crippen LogP contribution is 2.29. The van der Waals surface area contributed by atoms with E-state index in [2.05, 4.69) is 15.3 Å². The summed E-state index contributed by atoms with van der Waals surface area (Å²) in [5, 5.41) is 3.15. The largest absolute Gasteiger partial charge is 0.494 e. The molecule has 0 aliphatic carbocycles. The minimum absolute atomic E-state index is 0.0760. The van der Waals surface area contributed by atoms with Crippen molar-refractivity contribution in [3.63, 3.8) is 0 Å². The number of anilines is 1. The van der Waals surface area contributed by atoms with Crippen LogP contribution >= 0.6 is 0 Å². The first-order valence-electron chi connectivity index (χ1n) is 10.3. The molecule has 1 aromatic carbocycles. The summed E-state index contributed by atoms with van der Waals surface area (Å²) in [6, 6.07) is 4.42. The Balaban J connectivity index is 1.69. The van der Waals surface area contributed by atoms with Gasteiger partial charge in [-0.1, -0.05) is 12.1 Å². The van der Waals surface area contributed by atoms with Crippen LogP contribution in [0.4, 0.5) is 23.9 Å². The zero-order valence-corrected chi connectivity index (χ0v) is 18.8. The minimum Gasteiger partial charge on any atom is -0.494 e. The molecule has 2 atom stereocenters. The van der Waals surface area contributed by atoms with Gasteiger partial charge in [0.15, 0.2) is 5.75 Å². The number of likely N-dealkylation sites (tertiary alicyclic amines) is 1. The van der Waals surface area contributed by atoms with Crippen LogP contribution in [0.3, 0.4) is 0 Å². The Morgan fingerprint density at radius 2 is 1.76 bits per heavy atom. The molecule has 0 unspecified atom stereocenters. The van der Waals surface area contributed by atoms with E-state index in [9.17, 15) is 18.0 Å². The van der Waals surface area contributed by atoms with Gasteiger partial charge < -0.3 is 24.4 Å². The number of amides is 1. The molecule has 1 N–H and O–H groups in total. The van der Waals surface area contributed by atoms with Gasteiger partial charge in [0.05, 0.1) is 50.4 Å². The number of ether oxygens (including phenoxy) is 3. The van der Waals surface area contributed by atoms with Crippen LogP contribution in [0.1, 0.15) is 31.9 Å². The molecular formula is C22H27F3N4O4. The molecule has 0 saturated carbocycles. The second kappa shape index (κ2) is 9.82. The number of hydrogen-bond donors (Lipinski definition) is 1. The van der Waals surface area contributed by atoms with E-state index < -0.39 is 29.5 Å². The van der Waals surface area contributed by atoms with Crippen molar-refractivity contribution in [1.29, 1.82) is 0 Å². The molecule has 1 fully saturated rings. The summed E-state index contributed by atoms with van der Waals surface area (Å²) in [5.74, 6) is 0.826. The predicted molar refractivity (Wildman–Crippen MR) is 114 cm³/mol. The summed E-state index contributed by atoms with van der Waals surface area (Å²) in [4.78, 5) is 22.4. The Bertz CT molecular complexity index is 931. The lowest BCUT2D eigenvalue weighted by molar-refractivity contribution is -0.137. The van der Waals surface area contributed by atoms with E-state index >= 15 is 0 Å². The Labute approximate surface area is 190 Å². The van der Waals surface area contributed by atoms with Gasteiger partial charge in [-0.15, -0.1) is 0 Å². The molecule has 2 heterocycles. The predicted octanol–water partition coefficient (Wildman–Crippen LogP) is 4.12. The number of nitrogens with one attached hydrogen (secondary N) is 1. The van der Waals surface area contributed by atoms with Crippen molar-refractivity contribution >= 4 is 12.0 Å². The third-order valence-electron chi connectivity index (χ3n) is 4.84.